The Morgan fingerprint density at radius 1 is 1.10 bits per heavy atom. The molecule has 3 aromatic rings. The number of hydrogen-bond acceptors (Lipinski definition) is 7. The minimum Gasteiger partial charge on any atom is -0.497 e. The summed E-state index contributed by atoms with van der Waals surface area (Å²) in [5.41, 5.74) is 0.998. The second-order valence-corrected chi connectivity index (χ2v) is 9.38. The van der Waals surface area contributed by atoms with Crippen LogP contribution in [0, 0.1) is 0 Å². The summed E-state index contributed by atoms with van der Waals surface area (Å²) >= 11 is 3.39. The number of aromatic nitrogens is 1. The van der Waals surface area contributed by atoms with Crippen LogP contribution in [0.2, 0.25) is 0 Å². The number of fused-ring (bicyclic) bond motifs is 1. The fraction of sp³-hybridized carbons (Fsp3) is 0.391. The van der Waals surface area contributed by atoms with E-state index in [4.69, 9.17) is 14.5 Å². The number of hydrogen-bond donors (Lipinski definition) is 0. The Hall–Kier alpha value is -2.45. The smallest absolute Gasteiger partial charge is 0.223 e. The molecular formula is C23H27N3O3S2. The van der Waals surface area contributed by atoms with Crippen LogP contribution < -0.4 is 14.4 Å². The second kappa shape index (κ2) is 10.2. The summed E-state index contributed by atoms with van der Waals surface area (Å²) < 4.78 is 11.9. The van der Waals surface area contributed by atoms with Gasteiger partial charge in [0.2, 0.25) is 5.91 Å². The molecule has 2 aromatic carbocycles. The largest absolute Gasteiger partial charge is 0.497 e. The van der Waals surface area contributed by atoms with Crippen LogP contribution in [-0.2, 0) is 4.79 Å². The van der Waals surface area contributed by atoms with Gasteiger partial charge in [-0.2, -0.15) is 0 Å². The number of carbonyl (C=O) groups is 1. The van der Waals surface area contributed by atoms with E-state index < -0.39 is 0 Å². The molecule has 31 heavy (non-hydrogen) atoms. The first-order valence-corrected chi connectivity index (χ1v) is 12.3. The predicted octanol–water partition coefficient (Wildman–Crippen LogP) is 4.53. The Balaban J connectivity index is 1.26. The molecule has 1 saturated heterocycles. The molecule has 0 unspecified atom stereocenters. The Kier molecular flexibility index (Phi) is 7.19. The fourth-order valence-electron chi connectivity index (χ4n) is 3.52. The number of piperazine rings is 1. The quantitative estimate of drug-likeness (QED) is 0.463. The Morgan fingerprint density at radius 3 is 2.55 bits per heavy atom. The molecule has 6 nitrogen and oxygen atoms in total. The van der Waals surface area contributed by atoms with Gasteiger partial charge in [-0.3, -0.25) is 4.79 Å². The SMILES string of the molecule is CCOc1ccc2nc(N3CCN(C(=O)CCSc4ccc(OC)cc4)CC3)sc2c1. The highest BCUT2D eigenvalue weighted by molar-refractivity contribution is 7.99. The van der Waals surface area contributed by atoms with E-state index in [0.717, 1.165) is 63.7 Å². The number of nitrogens with zero attached hydrogens (tertiary/aromatic N) is 3. The van der Waals surface area contributed by atoms with Gasteiger partial charge in [-0.05, 0) is 49.4 Å². The maximum absolute atomic E-state index is 12.6. The first kappa shape index (κ1) is 21.8. The zero-order valence-corrected chi connectivity index (χ0v) is 19.5. The number of thioether (sulfide) groups is 1. The molecule has 1 aliphatic heterocycles. The highest BCUT2D eigenvalue weighted by Gasteiger charge is 2.23. The summed E-state index contributed by atoms with van der Waals surface area (Å²) in [6.07, 6.45) is 0.554. The van der Waals surface area contributed by atoms with Gasteiger partial charge in [0, 0.05) is 43.2 Å². The molecule has 0 atom stereocenters. The molecule has 1 amide bonds. The Morgan fingerprint density at radius 2 is 1.84 bits per heavy atom. The zero-order chi connectivity index (χ0) is 21.6. The molecule has 4 rings (SSSR count). The Bertz CT molecular complexity index is 1010. The molecule has 164 valence electrons. The summed E-state index contributed by atoms with van der Waals surface area (Å²) in [5, 5.41) is 1.02. The number of ether oxygens (including phenoxy) is 2. The van der Waals surface area contributed by atoms with Crippen molar-refractivity contribution in [3.05, 3.63) is 42.5 Å². The van der Waals surface area contributed by atoms with Gasteiger partial charge in [-0.1, -0.05) is 11.3 Å². The van der Waals surface area contributed by atoms with E-state index in [2.05, 4.69) is 11.0 Å². The molecule has 1 fully saturated rings. The molecule has 0 aliphatic carbocycles. The average molecular weight is 458 g/mol. The van der Waals surface area contributed by atoms with Gasteiger partial charge in [-0.15, -0.1) is 11.8 Å². The maximum Gasteiger partial charge on any atom is 0.223 e. The number of amides is 1. The summed E-state index contributed by atoms with van der Waals surface area (Å²) in [6.45, 7) is 5.76. The lowest BCUT2D eigenvalue weighted by Crippen LogP contribution is -2.48. The van der Waals surface area contributed by atoms with Crippen LogP contribution in [-0.4, -0.2) is 61.4 Å². The lowest BCUT2D eigenvalue weighted by Gasteiger charge is -2.34. The lowest BCUT2D eigenvalue weighted by molar-refractivity contribution is -0.131. The first-order valence-electron chi connectivity index (χ1n) is 10.5. The molecule has 0 radical (unpaired) electrons. The van der Waals surface area contributed by atoms with Crippen molar-refractivity contribution in [2.45, 2.75) is 18.2 Å². The number of anilines is 1. The van der Waals surface area contributed by atoms with Crippen LogP contribution in [0.1, 0.15) is 13.3 Å². The molecule has 1 aliphatic rings. The van der Waals surface area contributed by atoms with E-state index in [1.807, 2.05) is 48.2 Å². The van der Waals surface area contributed by atoms with Gasteiger partial charge in [0.05, 0.1) is 23.9 Å². The third-order valence-electron chi connectivity index (χ3n) is 5.21. The third-order valence-corrected chi connectivity index (χ3v) is 7.30. The average Bonchev–Trinajstić information content (AvgIpc) is 3.23. The van der Waals surface area contributed by atoms with Gasteiger partial charge in [-0.25, -0.2) is 4.98 Å². The van der Waals surface area contributed by atoms with Crippen LogP contribution >= 0.6 is 23.1 Å². The van der Waals surface area contributed by atoms with Crippen molar-refractivity contribution in [1.29, 1.82) is 0 Å². The van der Waals surface area contributed by atoms with Crippen molar-refractivity contribution in [2.75, 3.05) is 50.5 Å². The minimum absolute atomic E-state index is 0.228. The van der Waals surface area contributed by atoms with Crippen molar-refractivity contribution in [3.8, 4) is 11.5 Å². The number of carbonyl (C=O) groups excluding carboxylic acids is 1. The fourth-order valence-corrected chi connectivity index (χ4v) is 5.40. The van der Waals surface area contributed by atoms with Crippen molar-refractivity contribution in [1.82, 2.24) is 9.88 Å². The van der Waals surface area contributed by atoms with Crippen molar-refractivity contribution in [3.63, 3.8) is 0 Å². The van der Waals surface area contributed by atoms with Gasteiger partial charge < -0.3 is 19.3 Å². The van der Waals surface area contributed by atoms with Crippen molar-refractivity contribution >= 4 is 44.4 Å². The topological polar surface area (TPSA) is 54.9 Å². The van der Waals surface area contributed by atoms with Crippen LogP contribution in [0.25, 0.3) is 10.2 Å². The summed E-state index contributed by atoms with van der Waals surface area (Å²) in [7, 11) is 1.66. The van der Waals surface area contributed by atoms with Gasteiger partial charge >= 0.3 is 0 Å². The van der Waals surface area contributed by atoms with E-state index in [-0.39, 0.29) is 5.91 Å². The number of methoxy groups -OCH3 is 1. The lowest BCUT2D eigenvalue weighted by atomic mass is 10.3. The minimum atomic E-state index is 0.228. The van der Waals surface area contributed by atoms with E-state index in [9.17, 15) is 4.79 Å². The van der Waals surface area contributed by atoms with Crippen LogP contribution in [0.15, 0.2) is 47.4 Å². The molecule has 0 N–H and O–H groups in total. The second-order valence-electron chi connectivity index (χ2n) is 7.20. The van der Waals surface area contributed by atoms with E-state index in [0.29, 0.717) is 13.0 Å². The predicted molar refractivity (Wildman–Crippen MR) is 128 cm³/mol. The van der Waals surface area contributed by atoms with Gasteiger partial charge in [0.25, 0.3) is 0 Å². The van der Waals surface area contributed by atoms with Crippen LogP contribution in [0.3, 0.4) is 0 Å². The zero-order valence-electron chi connectivity index (χ0n) is 17.9. The third kappa shape index (κ3) is 5.43. The van der Waals surface area contributed by atoms with E-state index in [1.165, 1.54) is 0 Å². The summed E-state index contributed by atoms with van der Waals surface area (Å²) in [6, 6.07) is 14.0. The van der Waals surface area contributed by atoms with Crippen LogP contribution in [0.5, 0.6) is 11.5 Å². The normalized spacial score (nSPS) is 14.1. The molecular weight excluding hydrogens is 430 g/mol. The number of thiazole rings is 1. The monoisotopic (exact) mass is 457 g/mol. The van der Waals surface area contributed by atoms with Crippen LogP contribution in [0.4, 0.5) is 5.13 Å². The number of rotatable bonds is 8. The van der Waals surface area contributed by atoms with E-state index in [1.54, 1.807) is 30.2 Å². The maximum atomic E-state index is 12.6. The molecule has 0 saturated carbocycles. The first-order chi connectivity index (χ1) is 15.2. The summed E-state index contributed by atoms with van der Waals surface area (Å²) in [5.74, 6) is 2.74. The molecule has 1 aromatic heterocycles. The van der Waals surface area contributed by atoms with Crippen molar-refractivity contribution in [2.24, 2.45) is 0 Å². The van der Waals surface area contributed by atoms with E-state index >= 15 is 0 Å². The number of benzene rings is 2. The standard InChI is InChI=1S/C23H27N3O3S2/c1-3-29-18-6-9-20-21(16-18)31-23(24-20)26-13-11-25(12-14-26)22(27)10-15-30-19-7-4-17(28-2)5-8-19/h4-9,16H,3,10-15H2,1-2H3. The molecule has 8 heteroatoms. The highest BCUT2D eigenvalue weighted by Crippen LogP contribution is 2.32. The highest BCUT2D eigenvalue weighted by atomic mass is 32.2. The van der Waals surface area contributed by atoms with Gasteiger partial charge in [0.1, 0.15) is 11.5 Å². The molecule has 0 bridgehead atoms. The van der Waals surface area contributed by atoms with Gasteiger partial charge in [0.15, 0.2) is 5.13 Å². The Labute approximate surface area is 191 Å². The molecule has 2 heterocycles. The summed E-state index contributed by atoms with van der Waals surface area (Å²) in [4.78, 5) is 22.8. The molecule has 0 spiro atoms. The van der Waals surface area contributed by atoms with Crippen molar-refractivity contribution < 1.29 is 14.3 Å².